The molecule has 2 aromatic heterocycles. The molecule has 3 rings (SSSR count). The lowest BCUT2D eigenvalue weighted by molar-refractivity contribution is 0.429. The molecule has 6 nitrogen and oxygen atoms in total. The average molecular weight is 333 g/mol. The first-order chi connectivity index (χ1) is 11.1. The molecule has 1 unspecified atom stereocenters. The smallest absolute Gasteiger partial charge is 0.266 e. The van der Waals surface area contributed by atoms with Gasteiger partial charge in [-0.25, -0.2) is 9.67 Å². The number of anilines is 1. The van der Waals surface area contributed by atoms with Crippen LogP contribution in [0.4, 0.5) is 5.82 Å². The fourth-order valence-electron chi connectivity index (χ4n) is 3.01. The first-order valence-electron chi connectivity index (χ1n) is 8.06. The first kappa shape index (κ1) is 16.1. The summed E-state index contributed by atoms with van der Waals surface area (Å²) in [6.07, 6.45) is 3.57. The summed E-state index contributed by atoms with van der Waals surface area (Å²) in [5, 5.41) is 7.97. The van der Waals surface area contributed by atoms with E-state index in [4.69, 9.17) is 0 Å². The molecule has 1 aliphatic heterocycles. The summed E-state index contributed by atoms with van der Waals surface area (Å²) in [5.41, 5.74) is 2.94. The maximum Gasteiger partial charge on any atom is 0.266 e. The lowest BCUT2D eigenvalue weighted by Gasteiger charge is -2.36. The number of nitrogens with zero attached hydrogens (tertiary/aromatic N) is 4. The predicted molar refractivity (Wildman–Crippen MR) is 93.0 cm³/mol. The lowest BCUT2D eigenvalue weighted by Crippen LogP contribution is -2.46. The van der Waals surface area contributed by atoms with Crippen molar-refractivity contribution in [3.63, 3.8) is 0 Å². The number of aryl methyl sites for hydroxylation is 2. The van der Waals surface area contributed by atoms with Crippen molar-refractivity contribution in [1.82, 2.24) is 20.1 Å². The van der Waals surface area contributed by atoms with Crippen LogP contribution in [0.5, 0.6) is 0 Å². The minimum atomic E-state index is -0.0684. The highest BCUT2D eigenvalue weighted by atomic mass is 32.1. The predicted octanol–water partition coefficient (Wildman–Crippen LogP) is 1.69. The third-order valence-electron chi connectivity index (χ3n) is 4.38. The van der Waals surface area contributed by atoms with Crippen LogP contribution in [0.3, 0.4) is 0 Å². The monoisotopic (exact) mass is 333 g/mol. The van der Waals surface area contributed by atoms with Gasteiger partial charge in [0.2, 0.25) is 0 Å². The van der Waals surface area contributed by atoms with E-state index < -0.39 is 0 Å². The molecule has 0 amide bonds. The second-order valence-corrected chi connectivity index (χ2v) is 6.93. The zero-order valence-electron chi connectivity index (χ0n) is 13.7. The molecule has 1 aliphatic rings. The van der Waals surface area contributed by atoms with Gasteiger partial charge in [0.25, 0.3) is 5.56 Å². The average Bonchev–Trinajstić information content (AvgIpc) is 2.96. The topological polar surface area (TPSA) is 63.1 Å². The van der Waals surface area contributed by atoms with Crippen LogP contribution in [0.2, 0.25) is 0 Å². The Morgan fingerprint density at radius 1 is 1.39 bits per heavy atom. The number of aromatic nitrogens is 3. The Hall–Kier alpha value is -1.73. The zero-order chi connectivity index (χ0) is 16.2. The summed E-state index contributed by atoms with van der Waals surface area (Å²) in [4.78, 5) is 19.5. The molecule has 0 radical (unpaired) electrons. The summed E-state index contributed by atoms with van der Waals surface area (Å²) in [6.45, 7) is 4.83. The van der Waals surface area contributed by atoms with E-state index in [0.717, 1.165) is 37.6 Å². The molecule has 1 fully saturated rings. The van der Waals surface area contributed by atoms with Gasteiger partial charge in [0.15, 0.2) is 0 Å². The molecule has 1 N–H and O–H groups in total. The van der Waals surface area contributed by atoms with Crippen molar-refractivity contribution >= 4 is 17.2 Å². The van der Waals surface area contributed by atoms with Gasteiger partial charge in [0.05, 0.1) is 11.2 Å². The van der Waals surface area contributed by atoms with Crippen molar-refractivity contribution in [2.75, 3.05) is 18.0 Å². The maximum absolute atomic E-state index is 11.5. The van der Waals surface area contributed by atoms with E-state index in [1.165, 1.54) is 22.4 Å². The quantitative estimate of drug-likeness (QED) is 0.902. The third kappa shape index (κ3) is 3.79. The highest BCUT2D eigenvalue weighted by Gasteiger charge is 2.23. The third-order valence-corrected chi connectivity index (χ3v) is 5.31. The number of piperidine rings is 1. The van der Waals surface area contributed by atoms with Crippen molar-refractivity contribution in [1.29, 1.82) is 0 Å². The van der Waals surface area contributed by atoms with Gasteiger partial charge in [0.1, 0.15) is 5.82 Å². The SMILES string of the molecule is Cc1ncsc1CNCC1CCCCN1c1ccc(=O)n(C)n1. The first-order valence-corrected chi connectivity index (χ1v) is 8.94. The fraction of sp³-hybridized carbons (Fsp3) is 0.562. The van der Waals surface area contributed by atoms with Crippen LogP contribution in [0.25, 0.3) is 0 Å². The summed E-state index contributed by atoms with van der Waals surface area (Å²) in [5.74, 6) is 0.896. The molecule has 3 heterocycles. The van der Waals surface area contributed by atoms with Crippen molar-refractivity contribution in [2.24, 2.45) is 7.05 Å². The summed E-state index contributed by atoms with van der Waals surface area (Å²) in [7, 11) is 1.70. The molecule has 1 atom stereocenters. The Morgan fingerprint density at radius 3 is 3.00 bits per heavy atom. The van der Waals surface area contributed by atoms with Gasteiger partial charge >= 0.3 is 0 Å². The second kappa shape index (κ2) is 7.23. The number of nitrogens with one attached hydrogen (secondary N) is 1. The van der Waals surface area contributed by atoms with Crippen molar-refractivity contribution in [3.8, 4) is 0 Å². The van der Waals surface area contributed by atoms with E-state index in [-0.39, 0.29) is 5.56 Å². The lowest BCUT2D eigenvalue weighted by atomic mass is 10.0. The van der Waals surface area contributed by atoms with Gasteiger partial charge in [0, 0.05) is 43.7 Å². The minimum absolute atomic E-state index is 0.0684. The van der Waals surface area contributed by atoms with Gasteiger partial charge in [-0.2, -0.15) is 5.10 Å². The molecule has 0 spiro atoms. The Morgan fingerprint density at radius 2 is 2.26 bits per heavy atom. The molecule has 1 saturated heterocycles. The van der Waals surface area contributed by atoms with E-state index in [2.05, 4.69) is 27.2 Å². The van der Waals surface area contributed by atoms with Crippen molar-refractivity contribution < 1.29 is 0 Å². The Balaban J connectivity index is 1.65. The van der Waals surface area contributed by atoms with Crippen molar-refractivity contribution in [2.45, 2.75) is 38.8 Å². The van der Waals surface area contributed by atoms with Gasteiger partial charge < -0.3 is 10.2 Å². The van der Waals surface area contributed by atoms with Crippen LogP contribution in [-0.4, -0.2) is 33.9 Å². The Labute approximate surface area is 140 Å². The standard InChI is InChI=1S/C16H23N5OS/c1-12-14(23-11-18-12)10-17-9-13-5-3-4-8-21(13)15-6-7-16(22)20(2)19-15/h6-7,11,13,17H,3-5,8-10H2,1-2H3. The summed E-state index contributed by atoms with van der Waals surface area (Å²) >= 11 is 1.70. The highest BCUT2D eigenvalue weighted by molar-refractivity contribution is 7.09. The second-order valence-electron chi connectivity index (χ2n) is 5.99. The van der Waals surface area contributed by atoms with Gasteiger partial charge in [-0.3, -0.25) is 4.79 Å². The van der Waals surface area contributed by atoms with Gasteiger partial charge in [-0.05, 0) is 32.3 Å². The summed E-state index contributed by atoms with van der Waals surface area (Å²) < 4.78 is 1.41. The molecule has 0 bridgehead atoms. The molecular formula is C16H23N5OS. The maximum atomic E-state index is 11.5. The van der Waals surface area contributed by atoms with Crippen molar-refractivity contribution in [3.05, 3.63) is 38.6 Å². The fourth-order valence-corrected chi connectivity index (χ4v) is 3.75. The highest BCUT2D eigenvalue weighted by Crippen LogP contribution is 2.22. The van der Waals surface area contributed by atoms with E-state index in [0.29, 0.717) is 6.04 Å². The molecule has 23 heavy (non-hydrogen) atoms. The number of thiazole rings is 1. The molecule has 2 aromatic rings. The minimum Gasteiger partial charge on any atom is -0.351 e. The molecule has 7 heteroatoms. The van der Waals surface area contributed by atoms with Crippen LogP contribution >= 0.6 is 11.3 Å². The van der Waals surface area contributed by atoms with Crippen LogP contribution in [0.15, 0.2) is 22.4 Å². The molecule has 0 aromatic carbocycles. The van der Waals surface area contributed by atoms with Gasteiger partial charge in [-0.15, -0.1) is 11.3 Å². The summed E-state index contributed by atoms with van der Waals surface area (Å²) in [6, 6.07) is 3.86. The van der Waals surface area contributed by atoms with E-state index >= 15 is 0 Å². The van der Waals surface area contributed by atoms with Crippen LogP contribution in [-0.2, 0) is 13.6 Å². The van der Waals surface area contributed by atoms with E-state index in [9.17, 15) is 4.79 Å². The Bertz CT molecular complexity index is 710. The number of rotatable bonds is 5. The van der Waals surface area contributed by atoms with Crippen LogP contribution in [0, 0.1) is 6.92 Å². The zero-order valence-corrected chi connectivity index (χ0v) is 14.5. The van der Waals surface area contributed by atoms with Crippen LogP contribution < -0.4 is 15.8 Å². The molecule has 124 valence electrons. The normalized spacial score (nSPS) is 18.3. The van der Waals surface area contributed by atoms with E-state index in [1.807, 2.05) is 11.6 Å². The number of hydrogen-bond donors (Lipinski definition) is 1. The van der Waals surface area contributed by atoms with Crippen LogP contribution in [0.1, 0.15) is 29.8 Å². The van der Waals surface area contributed by atoms with E-state index in [1.54, 1.807) is 24.5 Å². The molecular weight excluding hydrogens is 310 g/mol. The Kier molecular flexibility index (Phi) is 5.07. The number of hydrogen-bond acceptors (Lipinski definition) is 6. The largest absolute Gasteiger partial charge is 0.351 e. The molecule has 0 aliphatic carbocycles. The molecule has 0 saturated carbocycles. The van der Waals surface area contributed by atoms with Gasteiger partial charge in [-0.1, -0.05) is 0 Å².